The predicted molar refractivity (Wildman–Crippen MR) is 96.1 cm³/mol. The molecule has 0 aliphatic carbocycles. The molecule has 1 aliphatic heterocycles. The zero-order chi connectivity index (χ0) is 20.9. The van der Waals surface area contributed by atoms with E-state index in [4.69, 9.17) is 4.84 Å². The largest absolute Gasteiger partial charge is 0.416 e. The molecule has 156 valence electrons. The summed E-state index contributed by atoms with van der Waals surface area (Å²) < 4.78 is 64.8. The van der Waals surface area contributed by atoms with Crippen LogP contribution in [0.25, 0.3) is 0 Å². The average molecular weight is 421 g/mol. The van der Waals surface area contributed by atoms with E-state index in [1.807, 2.05) is 13.8 Å². The van der Waals surface area contributed by atoms with Crippen LogP contribution < -0.4 is 5.32 Å². The number of alkyl halides is 3. The first kappa shape index (κ1) is 22.2. The summed E-state index contributed by atoms with van der Waals surface area (Å²) in [5.41, 5.74) is -0.422. The lowest BCUT2D eigenvalue weighted by molar-refractivity contribution is -0.137. The van der Waals surface area contributed by atoms with E-state index in [0.717, 1.165) is 22.5 Å². The van der Waals surface area contributed by atoms with Crippen molar-refractivity contribution in [2.75, 3.05) is 19.7 Å². The molecule has 0 bridgehead atoms. The molecule has 1 aliphatic rings. The van der Waals surface area contributed by atoms with E-state index in [2.05, 4.69) is 10.5 Å². The molecule has 0 atom stereocenters. The zero-order valence-corrected chi connectivity index (χ0v) is 16.3. The third-order valence-corrected chi connectivity index (χ3v) is 5.83. The molecule has 11 heteroatoms. The molecule has 0 aromatic heterocycles. The van der Waals surface area contributed by atoms with E-state index in [1.54, 1.807) is 0 Å². The first-order valence-electron chi connectivity index (χ1n) is 8.64. The first-order valence-corrected chi connectivity index (χ1v) is 10.1. The Morgan fingerprint density at radius 3 is 2.50 bits per heavy atom. The molecule has 1 amide bonds. The molecular formula is C17H22F3N3O4S. The first-order chi connectivity index (χ1) is 13.0. The number of carbonyl (C=O) groups is 1. The number of amides is 1. The normalized spacial score (nSPS) is 16.1. The van der Waals surface area contributed by atoms with Gasteiger partial charge in [0, 0.05) is 32.0 Å². The Morgan fingerprint density at radius 2 is 1.93 bits per heavy atom. The minimum atomic E-state index is -4.62. The highest BCUT2D eigenvalue weighted by atomic mass is 32.2. The molecule has 7 nitrogen and oxygen atoms in total. The molecule has 2 rings (SSSR count). The van der Waals surface area contributed by atoms with Crippen LogP contribution in [0.3, 0.4) is 0 Å². The van der Waals surface area contributed by atoms with E-state index in [0.29, 0.717) is 11.8 Å². The van der Waals surface area contributed by atoms with Gasteiger partial charge in [0.15, 0.2) is 6.61 Å². The van der Waals surface area contributed by atoms with Crippen LogP contribution in [-0.2, 0) is 25.8 Å². The molecule has 1 heterocycles. The van der Waals surface area contributed by atoms with Gasteiger partial charge in [-0.25, -0.2) is 8.42 Å². The van der Waals surface area contributed by atoms with Crippen molar-refractivity contribution in [3.05, 3.63) is 29.8 Å². The number of hydrogen-bond acceptors (Lipinski definition) is 5. The Labute approximate surface area is 161 Å². The summed E-state index contributed by atoms with van der Waals surface area (Å²) in [5, 5.41) is 6.49. The van der Waals surface area contributed by atoms with Crippen LogP contribution in [0.5, 0.6) is 0 Å². The number of benzene rings is 1. The number of rotatable bonds is 6. The van der Waals surface area contributed by atoms with Gasteiger partial charge in [-0.15, -0.1) is 0 Å². The van der Waals surface area contributed by atoms with Crippen molar-refractivity contribution in [1.82, 2.24) is 9.62 Å². The second kappa shape index (κ2) is 8.91. The van der Waals surface area contributed by atoms with Gasteiger partial charge in [-0.05, 0) is 32.0 Å². The van der Waals surface area contributed by atoms with Crippen molar-refractivity contribution >= 4 is 21.6 Å². The van der Waals surface area contributed by atoms with Gasteiger partial charge in [-0.3, -0.25) is 4.79 Å². The lowest BCUT2D eigenvalue weighted by Gasteiger charge is -2.26. The fourth-order valence-electron chi connectivity index (χ4n) is 2.60. The third kappa shape index (κ3) is 5.93. The average Bonchev–Trinajstić information content (AvgIpc) is 2.61. The molecule has 1 N–H and O–H groups in total. The molecule has 1 aromatic rings. The van der Waals surface area contributed by atoms with Crippen LogP contribution in [0.2, 0.25) is 0 Å². The summed E-state index contributed by atoms with van der Waals surface area (Å²) in [4.78, 5) is 16.0. The number of hydrogen-bond donors (Lipinski definition) is 1. The molecule has 28 heavy (non-hydrogen) atoms. The van der Waals surface area contributed by atoms with Crippen molar-refractivity contribution in [2.24, 2.45) is 5.16 Å². The standard InChI is InChI=1S/C17H22F3N3O4S/c1-12(2)21-16(24)11-27-22-14-6-8-23(9-7-14)28(25,26)15-5-3-4-13(10-15)17(18,19)20/h3-5,10,12H,6-9,11H2,1-2H3,(H,21,24). The van der Waals surface area contributed by atoms with Gasteiger partial charge in [-0.1, -0.05) is 11.2 Å². The molecule has 0 radical (unpaired) electrons. The number of nitrogens with zero attached hydrogens (tertiary/aromatic N) is 2. The number of piperidine rings is 1. The highest BCUT2D eigenvalue weighted by Gasteiger charge is 2.33. The van der Waals surface area contributed by atoms with E-state index < -0.39 is 26.7 Å². The van der Waals surface area contributed by atoms with E-state index in [1.165, 1.54) is 0 Å². The summed E-state index contributed by atoms with van der Waals surface area (Å²) >= 11 is 0. The van der Waals surface area contributed by atoms with E-state index >= 15 is 0 Å². The zero-order valence-electron chi connectivity index (χ0n) is 15.5. The maximum Gasteiger partial charge on any atom is 0.416 e. The maximum absolute atomic E-state index is 12.8. The highest BCUT2D eigenvalue weighted by Crippen LogP contribution is 2.31. The Morgan fingerprint density at radius 1 is 1.29 bits per heavy atom. The minimum Gasteiger partial charge on any atom is -0.386 e. The number of oxime groups is 1. The van der Waals surface area contributed by atoms with Gasteiger partial charge in [0.2, 0.25) is 10.0 Å². The Balaban J connectivity index is 1.97. The number of nitrogens with one attached hydrogen (secondary N) is 1. The fraction of sp³-hybridized carbons (Fsp3) is 0.529. The molecule has 0 spiro atoms. The van der Waals surface area contributed by atoms with Crippen molar-refractivity contribution in [3.63, 3.8) is 0 Å². The molecular weight excluding hydrogens is 399 g/mol. The lowest BCUT2D eigenvalue weighted by atomic mass is 10.1. The topological polar surface area (TPSA) is 88.1 Å². The lowest BCUT2D eigenvalue weighted by Crippen LogP contribution is -2.39. The fourth-order valence-corrected chi connectivity index (χ4v) is 4.09. The van der Waals surface area contributed by atoms with Crippen LogP contribution in [0.1, 0.15) is 32.3 Å². The summed E-state index contributed by atoms with van der Waals surface area (Å²) in [5.74, 6) is -0.316. The van der Waals surface area contributed by atoms with Gasteiger partial charge >= 0.3 is 6.18 Å². The Hall–Kier alpha value is -2.14. The Kier molecular flexibility index (Phi) is 7.05. The quantitative estimate of drug-likeness (QED) is 0.715. The van der Waals surface area contributed by atoms with Crippen LogP contribution in [-0.4, -0.2) is 50.1 Å². The van der Waals surface area contributed by atoms with Gasteiger partial charge < -0.3 is 10.2 Å². The van der Waals surface area contributed by atoms with Crippen LogP contribution in [0.15, 0.2) is 34.3 Å². The molecule has 1 saturated heterocycles. The number of sulfonamides is 1. The molecule has 1 aromatic carbocycles. The van der Waals surface area contributed by atoms with Gasteiger partial charge in [0.05, 0.1) is 16.2 Å². The molecule has 0 unspecified atom stereocenters. The minimum absolute atomic E-state index is 0.0203. The Bertz CT molecular complexity index is 828. The smallest absolute Gasteiger partial charge is 0.386 e. The van der Waals surface area contributed by atoms with Crippen molar-refractivity contribution < 1.29 is 31.2 Å². The van der Waals surface area contributed by atoms with E-state index in [9.17, 15) is 26.4 Å². The molecule has 1 fully saturated rings. The monoisotopic (exact) mass is 421 g/mol. The number of carbonyl (C=O) groups excluding carboxylic acids is 1. The van der Waals surface area contributed by atoms with Gasteiger partial charge in [0.1, 0.15) is 0 Å². The van der Waals surface area contributed by atoms with E-state index in [-0.39, 0.29) is 44.5 Å². The predicted octanol–water partition coefficient (Wildman–Crippen LogP) is 2.39. The molecule has 0 saturated carbocycles. The van der Waals surface area contributed by atoms with Crippen LogP contribution >= 0.6 is 0 Å². The highest BCUT2D eigenvalue weighted by molar-refractivity contribution is 7.89. The second-order valence-corrected chi connectivity index (χ2v) is 8.52. The van der Waals surface area contributed by atoms with Crippen molar-refractivity contribution in [2.45, 2.75) is 43.8 Å². The van der Waals surface area contributed by atoms with Crippen molar-refractivity contribution in [1.29, 1.82) is 0 Å². The summed E-state index contributed by atoms with van der Waals surface area (Å²) in [6.07, 6.45) is -4.08. The number of halogens is 3. The summed E-state index contributed by atoms with van der Waals surface area (Å²) in [6, 6.07) is 3.66. The van der Waals surface area contributed by atoms with Crippen LogP contribution in [0.4, 0.5) is 13.2 Å². The SMILES string of the molecule is CC(C)NC(=O)CON=C1CCN(S(=O)(=O)c2cccc(C(F)(F)F)c2)CC1. The third-order valence-electron chi connectivity index (χ3n) is 3.94. The van der Waals surface area contributed by atoms with Gasteiger partial charge in [0.25, 0.3) is 5.91 Å². The second-order valence-electron chi connectivity index (χ2n) is 6.58. The summed E-state index contributed by atoms with van der Waals surface area (Å²) in [7, 11) is -4.04. The van der Waals surface area contributed by atoms with Crippen LogP contribution in [0, 0.1) is 0 Å². The maximum atomic E-state index is 12.8. The van der Waals surface area contributed by atoms with Gasteiger partial charge in [-0.2, -0.15) is 17.5 Å². The van der Waals surface area contributed by atoms with Crippen molar-refractivity contribution in [3.8, 4) is 0 Å². The summed E-state index contributed by atoms with van der Waals surface area (Å²) in [6.45, 7) is 3.51.